The van der Waals surface area contributed by atoms with Crippen LogP contribution in [0.5, 0.6) is 5.75 Å². The highest BCUT2D eigenvalue weighted by atomic mass is 32.1. The molecule has 0 radical (unpaired) electrons. The molecule has 0 saturated heterocycles. The van der Waals surface area contributed by atoms with Crippen molar-refractivity contribution >= 4 is 30.4 Å². The predicted molar refractivity (Wildman–Crippen MR) is 102 cm³/mol. The number of nitrogens with one attached hydrogen (secondary N) is 1. The molecule has 0 spiro atoms. The zero-order chi connectivity index (χ0) is 18.4. The van der Waals surface area contributed by atoms with E-state index in [4.69, 9.17) is 9.47 Å². The lowest BCUT2D eigenvalue weighted by molar-refractivity contribution is -0.114. The van der Waals surface area contributed by atoms with Crippen LogP contribution in [-0.4, -0.2) is 18.7 Å². The van der Waals surface area contributed by atoms with Crippen molar-refractivity contribution in [2.45, 2.75) is 39.4 Å². The van der Waals surface area contributed by atoms with Crippen LogP contribution >= 0.6 is 12.6 Å². The van der Waals surface area contributed by atoms with Crippen molar-refractivity contribution in [3.63, 3.8) is 0 Å². The minimum Gasteiger partial charge on any atom is -0.434 e. The Balaban J connectivity index is 2.67. The number of thiol groups is 1. The van der Waals surface area contributed by atoms with Crippen molar-refractivity contribution in [3.8, 4) is 16.9 Å². The SMILES string of the molecule is CCCc1c2ccc(CS)ccc-2c(OC(=O)OCC)c1NC(C)=O. The van der Waals surface area contributed by atoms with E-state index in [0.717, 1.165) is 35.1 Å². The van der Waals surface area contributed by atoms with E-state index < -0.39 is 6.16 Å². The van der Waals surface area contributed by atoms with Gasteiger partial charge in [0.2, 0.25) is 5.91 Å². The number of ether oxygens (including phenoxy) is 2. The molecule has 2 aliphatic rings. The monoisotopic (exact) mass is 361 g/mol. The van der Waals surface area contributed by atoms with Gasteiger partial charge in [0.25, 0.3) is 0 Å². The molecule has 0 unspecified atom stereocenters. The quantitative estimate of drug-likeness (QED) is 0.580. The molecule has 0 saturated carbocycles. The first-order chi connectivity index (χ1) is 12.0. The summed E-state index contributed by atoms with van der Waals surface area (Å²) in [5.74, 6) is 0.711. The van der Waals surface area contributed by atoms with E-state index >= 15 is 0 Å². The van der Waals surface area contributed by atoms with E-state index in [1.54, 1.807) is 6.92 Å². The maximum Gasteiger partial charge on any atom is 0.513 e. The molecule has 6 heteroatoms. The van der Waals surface area contributed by atoms with Crippen LogP contribution in [0.3, 0.4) is 0 Å². The fraction of sp³-hybridized carbons (Fsp3) is 0.368. The van der Waals surface area contributed by atoms with Gasteiger partial charge in [-0.2, -0.15) is 12.6 Å². The van der Waals surface area contributed by atoms with E-state index in [1.165, 1.54) is 6.92 Å². The molecule has 0 aromatic carbocycles. The minimum absolute atomic E-state index is 0.215. The second kappa shape index (κ2) is 8.76. The Bertz CT molecular complexity index is 745. The molecule has 0 bridgehead atoms. The van der Waals surface area contributed by atoms with Crippen molar-refractivity contribution in [2.75, 3.05) is 11.9 Å². The summed E-state index contributed by atoms with van der Waals surface area (Å²) in [6.45, 7) is 5.41. The van der Waals surface area contributed by atoms with Crippen molar-refractivity contribution in [1.82, 2.24) is 0 Å². The van der Waals surface area contributed by atoms with Crippen LogP contribution in [0.4, 0.5) is 10.5 Å². The summed E-state index contributed by atoms with van der Waals surface area (Å²) in [5.41, 5.74) is 4.24. The summed E-state index contributed by atoms with van der Waals surface area (Å²) >= 11 is 4.31. The molecular weight excluding hydrogens is 338 g/mol. The van der Waals surface area contributed by atoms with Gasteiger partial charge in [0.1, 0.15) is 0 Å². The van der Waals surface area contributed by atoms with E-state index in [1.807, 2.05) is 24.3 Å². The average molecular weight is 361 g/mol. The lowest BCUT2D eigenvalue weighted by atomic mass is 10.1. The Morgan fingerprint density at radius 3 is 2.36 bits per heavy atom. The minimum atomic E-state index is -0.787. The summed E-state index contributed by atoms with van der Waals surface area (Å²) < 4.78 is 10.4. The number of amides is 1. The summed E-state index contributed by atoms with van der Waals surface area (Å²) in [7, 11) is 0. The third-order valence-electron chi connectivity index (χ3n) is 3.75. The van der Waals surface area contributed by atoms with Crippen molar-refractivity contribution in [3.05, 3.63) is 35.4 Å². The highest BCUT2D eigenvalue weighted by Gasteiger charge is 2.26. The molecule has 2 rings (SSSR count). The maximum absolute atomic E-state index is 11.9. The van der Waals surface area contributed by atoms with Crippen LogP contribution in [0.15, 0.2) is 24.3 Å². The van der Waals surface area contributed by atoms with E-state index in [2.05, 4.69) is 24.9 Å². The molecule has 0 heterocycles. The van der Waals surface area contributed by atoms with Crippen LogP contribution in [0.1, 0.15) is 38.3 Å². The van der Waals surface area contributed by atoms with Gasteiger partial charge < -0.3 is 14.8 Å². The van der Waals surface area contributed by atoms with Gasteiger partial charge in [0, 0.05) is 18.2 Å². The number of hydrogen-bond donors (Lipinski definition) is 2. The Labute approximate surface area is 153 Å². The van der Waals surface area contributed by atoms with Gasteiger partial charge in [-0.15, -0.1) is 0 Å². The average Bonchev–Trinajstić information content (AvgIpc) is 2.73. The molecule has 5 nitrogen and oxygen atoms in total. The molecule has 0 aliphatic heterocycles. The molecule has 2 aliphatic carbocycles. The molecular formula is C19H23NO4S. The molecule has 0 aromatic heterocycles. The number of rotatable bonds is 6. The predicted octanol–water partition coefficient (Wildman–Crippen LogP) is 4.67. The van der Waals surface area contributed by atoms with Crippen LogP contribution in [0, 0.1) is 0 Å². The second-order valence-corrected chi connectivity index (χ2v) is 5.94. The third kappa shape index (κ3) is 4.45. The highest BCUT2D eigenvalue weighted by Crippen LogP contribution is 2.47. The van der Waals surface area contributed by atoms with Gasteiger partial charge in [0.05, 0.1) is 12.3 Å². The van der Waals surface area contributed by atoms with Gasteiger partial charge in [-0.05, 0) is 30.0 Å². The zero-order valence-corrected chi connectivity index (χ0v) is 15.6. The smallest absolute Gasteiger partial charge is 0.434 e. The third-order valence-corrected chi connectivity index (χ3v) is 4.11. The Kier molecular flexibility index (Phi) is 6.70. The first-order valence-corrected chi connectivity index (χ1v) is 8.95. The second-order valence-electron chi connectivity index (χ2n) is 5.63. The summed E-state index contributed by atoms with van der Waals surface area (Å²) in [6.07, 6.45) is 0.853. The number of hydrogen-bond acceptors (Lipinski definition) is 5. The van der Waals surface area contributed by atoms with Crippen LogP contribution in [0.25, 0.3) is 11.1 Å². The Hall–Kier alpha value is -2.21. The largest absolute Gasteiger partial charge is 0.513 e. The topological polar surface area (TPSA) is 64.6 Å². The zero-order valence-electron chi connectivity index (χ0n) is 14.7. The molecule has 1 amide bonds. The fourth-order valence-corrected chi connectivity index (χ4v) is 2.95. The van der Waals surface area contributed by atoms with Crippen LogP contribution in [-0.2, 0) is 21.7 Å². The maximum atomic E-state index is 11.9. The van der Waals surface area contributed by atoms with E-state index in [0.29, 0.717) is 17.2 Å². The summed E-state index contributed by atoms with van der Waals surface area (Å²) in [6, 6.07) is 7.79. The summed E-state index contributed by atoms with van der Waals surface area (Å²) in [4.78, 5) is 23.6. The standard InChI is InChI=1S/C19H23NO4S/c1-4-6-15-14-9-7-13(11-25)8-10-16(14)18(17(15)20-12(3)21)24-19(22)23-5-2/h7-10,25H,4-6,11H2,1-3H3,(H,20,21). The lowest BCUT2D eigenvalue weighted by Crippen LogP contribution is -2.13. The Morgan fingerprint density at radius 2 is 1.80 bits per heavy atom. The van der Waals surface area contributed by atoms with Gasteiger partial charge in [0.15, 0.2) is 5.75 Å². The van der Waals surface area contributed by atoms with E-state index in [9.17, 15) is 9.59 Å². The molecule has 1 N–H and O–H groups in total. The van der Waals surface area contributed by atoms with Crippen molar-refractivity contribution in [1.29, 1.82) is 0 Å². The summed E-state index contributed by atoms with van der Waals surface area (Å²) in [5, 5.41) is 2.82. The van der Waals surface area contributed by atoms with Crippen LogP contribution in [0.2, 0.25) is 0 Å². The van der Waals surface area contributed by atoms with E-state index in [-0.39, 0.29) is 12.5 Å². The normalized spacial score (nSPS) is 10.6. The first-order valence-electron chi connectivity index (χ1n) is 8.32. The van der Waals surface area contributed by atoms with Crippen LogP contribution < -0.4 is 10.1 Å². The number of carbonyl (C=O) groups is 2. The molecule has 25 heavy (non-hydrogen) atoms. The Morgan fingerprint density at radius 1 is 1.12 bits per heavy atom. The first kappa shape index (κ1) is 19.1. The van der Waals surface area contributed by atoms with Gasteiger partial charge in [-0.3, -0.25) is 4.79 Å². The molecule has 0 fully saturated rings. The molecule has 0 atom stereocenters. The number of carbonyl (C=O) groups excluding carboxylic acids is 2. The van der Waals surface area contributed by atoms with Gasteiger partial charge in [-0.1, -0.05) is 37.6 Å². The highest BCUT2D eigenvalue weighted by molar-refractivity contribution is 7.79. The number of anilines is 1. The molecule has 0 aromatic rings. The molecule has 134 valence electrons. The van der Waals surface area contributed by atoms with Gasteiger partial charge in [-0.25, -0.2) is 4.79 Å². The van der Waals surface area contributed by atoms with Gasteiger partial charge >= 0.3 is 6.16 Å². The number of fused-ring (bicyclic) bond motifs is 1. The fourth-order valence-electron chi connectivity index (χ4n) is 2.74. The van der Waals surface area contributed by atoms with Crippen molar-refractivity contribution < 1.29 is 19.1 Å². The lowest BCUT2D eigenvalue weighted by Gasteiger charge is -2.09. The van der Waals surface area contributed by atoms with Crippen molar-refractivity contribution in [2.24, 2.45) is 0 Å².